The molecule has 2 aromatic rings. The van der Waals surface area contributed by atoms with Gasteiger partial charge in [-0.15, -0.1) is 0 Å². The van der Waals surface area contributed by atoms with Crippen LogP contribution in [0.1, 0.15) is 23.7 Å². The average molecular weight is 507 g/mol. The fourth-order valence-electron chi connectivity index (χ4n) is 6.15. The molecule has 0 saturated heterocycles. The summed E-state index contributed by atoms with van der Waals surface area (Å²) in [6, 6.07) is 10.6. The van der Waals surface area contributed by atoms with Crippen molar-refractivity contribution in [3.8, 4) is 16.9 Å². The highest BCUT2D eigenvalue weighted by Gasteiger charge is 2.65. The fraction of sp³-hybridized carbons (Fsp3) is 0.296. The van der Waals surface area contributed by atoms with E-state index in [0.29, 0.717) is 11.1 Å². The van der Waals surface area contributed by atoms with Gasteiger partial charge in [-0.3, -0.25) is 19.3 Å². The number of ketones is 2. The molecule has 1 saturated carbocycles. The van der Waals surface area contributed by atoms with Gasteiger partial charge in [0.25, 0.3) is 5.91 Å². The van der Waals surface area contributed by atoms with Gasteiger partial charge in [-0.2, -0.15) is 0 Å². The summed E-state index contributed by atoms with van der Waals surface area (Å²) in [5, 5.41) is 56.1. The summed E-state index contributed by atoms with van der Waals surface area (Å²) >= 11 is 0. The monoisotopic (exact) mass is 506 g/mol. The van der Waals surface area contributed by atoms with Crippen molar-refractivity contribution >= 4 is 23.2 Å². The van der Waals surface area contributed by atoms with Crippen LogP contribution in [-0.4, -0.2) is 73.6 Å². The SMILES string of the molecule is CN(C)C1C(=O)C(C(N)=O)=C(O)C2(O)C(=O)C3=C(O)c4c(O)ccc(-c5ccccc5)c4C(O)C3CC12. The molecule has 192 valence electrons. The standard InChI is InChI=1S/C27H26N2O8/c1-29(2)20-14-10-13-17(24(34)27(14,37)25(35)19(23(20)33)26(28)36)22(32)18-15(30)9-8-12(16(18)21(13)31)11-6-4-3-5-7-11/h3-9,13-14,20-21,30-32,35,37H,10H2,1-2H3,(H2,28,36). The Labute approximate surface area is 211 Å². The molecule has 37 heavy (non-hydrogen) atoms. The third-order valence-corrected chi connectivity index (χ3v) is 7.78. The first-order chi connectivity index (χ1) is 17.4. The van der Waals surface area contributed by atoms with Crippen LogP contribution >= 0.6 is 0 Å². The Kier molecular flexibility index (Phi) is 5.52. The maximum Gasteiger partial charge on any atom is 0.255 e. The van der Waals surface area contributed by atoms with Crippen LogP contribution in [0.2, 0.25) is 0 Å². The predicted molar refractivity (Wildman–Crippen MR) is 131 cm³/mol. The van der Waals surface area contributed by atoms with Crippen molar-refractivity contribution in [2.75, 3.05) is 14.1 Å². The molecule has 1 fully saturated rings. The van der Waals surface area contributed by atoms with Crippen LogP contribution in [0.25, 0.3) is 16.9 Å². The number of hydrogen-bond acceptors (Lipinski definition) is 9. The van der Waals surface area contributed by atoms with Crippen molar-refractivity contribution in [2.24, 2.45) is 17.6 Å². The molecular formula is C27H26N2O8. The van der Waals surface area contributed by atoms with E-state index >= 15 is 0 Å². The Morgan fingerprint density at radius 3 is 2.30 bits per heavy atom. The first-order valence-corrected chi connectivity index (χ1v) is 11.7. The summed E-state index contributed by atoms with van der Waals surface area (Å²) in [4.78, 5) is 40.5. The Morgan fingerprint density at radius 1 is 1.05 bits per heavy atom. The number of Topliss-reactive ketones (excluding diaryl/α,β-unsaturated/α-hetero) is 2. The van der Waals surface area contributed by atoms with Crippen molar-refractivity contribution in [3.05, 3.63) is 70.5 Å². The minimum atomic E-state index is -2.77. The largest absolute Gasteiger partial charge is 0.508 e. The number of phenolic OH excluding ortho intramolecular Hbond substituents is 1. The number of carbonyl (C=O) groups is 3. The number of primary amides is 1. The van der Waals surface area contributed by atoms with Crippen molar-refractivity contribution < 1.29 is 39.9 Å². The summed E-state index contributed by atoms with van der Waals surface area (Å²) < 4.78 is 0. The first kappa shape index (κ1) is 24.7. The molecule has 0 aromatic heterocycles. The van der Waals surface area contributed by atoms with Crippen LogP contribution < -0.4 is 5.73 Å². The van der Waals surface area contributed by atoms with Gasteiger partial charge in [-0.1, -0.05) is 36.4 Å². The number of nitrogens with two attached hydrogens (primary N) is 1. The van der Waals surface area contributed by atoms with Gasteiger partial charge in [-0.25, -0.2) is 0 Å². The minimum absolute atomic E-state index is 0.176. The molecule has 2 aromatic carbocycles. The van der Waals surface area contributed by atoms with Crippen LogP contribution in [0.3, 0.4) is 0 Å². The first-order valence-electron chi connectivity index (χ1n) is 11.7. The topological polar surface area (TPSA) is 182 Å². The van der Waals surface area contributed by atoms with E-state index in [9.17, 15) is 39.9 Å². The molecule has 0 heterocycles. The molecular weight excluding hydrogens is 480 g/mol. The van der Waals surface area contributed by atoms with E-state index in [2.05, 4.69) is 0 Å². The highest BCUT2D eigenvalue weighted by molar-refractivity contribution is 6.24. The maximum atomic E-state index is 13.9. The van der Waals surface area contributed by atoms with Crippen LogP contribution in [0.4, 0.5) is 0 Å². The Morgan fingerprint density at radius 2 is 1.70 bits per heavy atom. The van der Waals surface area contributed by atoms with Crippen LogP contribution in [0.15, 0.2) is 59.4 Å². The molecule has 0 spiro atoms. The number of hydrogen-bond donors (Lipinski definition) is 6. The predicted octanol–water partition coefficient (Wildman–Crippen LogP) is 1.12. The number of carbonyl (C=O) groups excluding carboxylic acids is 3. The average Bonchev–Trinajstić information content (AvgIpc) is 2.84. The Hall–Kier alpha value is -3.99. The van der Waals surface area contributed by atoms with Crippen LogP contribution in [0.5, 0.6) is 5.75 Å². The summed E-state index contributed by atoms with van der Waals surface area (Å²) in [7, 11) is 3.02. The molecule has 0 aliphatic heterocycles. The van der Waals surface area contributed by atoms with Crippen LogP contribution in [0, 0.1) is 11.8 Å². The van der Waals surface area contributed by atoms with Crippen molar-refractivity contribution in [1.29, 1.82) is 0 Å². The number of rotatable bonds is 3. The smallest absolute Gasteiger partial charge is 0.255 e. The van der Waals surface area contributed by atoms with Crippen LogP contribution in [-0.2, 0) is 14.4 Å². The fourth-order valence-corrected chi connectivity index (χ4v) is 6.15. The van der Waals surface area contributed by atoms with Gasteiger partial charge in [0.05, 0.1) is 17.7 Å². The summed E-state index contributed by atoms with van der Waals surface area (Å²) in [5.41, 5.74) is 2.47. The van der Waals surface area contributed by atoms with Crippen molar-refractivity contribution in [2.45, 2.75) is 24.2 Å². The number of aliphatic hydroxyl groups is 4. The van der Waals surface area contributed by atoms with Gasteiger partial charge < -0.3 is 31.3 Å². The van der Waals surface area contributed by atoms with E-state index < -0.39 is 75.5 Å². The van der Waals surface area contributed by atoms with E-state index in [0.717, 1.165) is 0 Å². The zero-order valence-corrected chi connectivity index (χ0v) is 20.0. The molecule has 7 N–H and O–H groups in total. The number of aromatic hydroxyl groups is 1. The third-order valence-electron chi connectivity index (χ3n) is 7.78. The summed E-state index contributed by atoms with van der Waals surface area (Å²) in [5.74, 6) is -7.97. The molecule has 3 aliphatic rings. The van der Waals surface area contributed by atoms with Gasteiger partial charge in [0, 0.05) is 23.0 Å². The number of likely N-dealkylation sites (N-methyl/N-ethyl adjacent to an activating group) is 1. The zero-order chi connectivity index (χ0) is 27.0. The Balaban J connectivity index is 1.79. The Bertz CT molecular complexity index is 1430. The van der Waals surface area contributed by atoms with Gasteiger partial charge >= 0.3 is 0 Å². The molecule has 5 atom stereocenters. The second-order valence-corrected chi connectivity index (χ2v) is 9.90. The highest BCUT2D eigenvalue weighted by Crippen LogP contribution is 2.56. The second kappa shape index (κ2) is 8.27. The van der Waals surface area contributed by atoms with Gasteiger partial charge in [-0.05, 0) is 37.7 Å². The molecule has 10 heteroatoms. The number of amides is 1. The van der Waals surface area contributed by atoms with E-state index in [1.807, 2.05) is 6.07 Å². The lowest BCUT2D eigenvalue weighted by Crippen LogP contribution is -2.66. The molecule has 3 aliphatic carbocycles. The van der Waals surface area contributed by atoms with E-state index in [1.54, 1.807) is 30.3 Å². The lowest BCUT2D eigenvalue weighted by molar-refractivity contribution is -0.155. The van der Waals surface area contributed by atoms with Crippen molar-refractivity contribution in [3.63, 3.8) is 0 Å². The molecule has 10 nitrogen and oxygen atoms in total. The number of nitrogens with zero attached hydrogens (tertiary/aromatic N) is 1. The molecule has 5 unspecified atom stereocenters. The minimum Gasteiger partial charge on any atom is -0.508 e. The summed E-state index contributed by atoms with van der Waals surface area (Å²) in [6.45, 7) is 0. The van der Waals surface area contributed by atoms with Gasteiger partial charge in [0.1, 0.15) is 22.8 Å². The molecule has 5 rings (SSSR count). The molecule has 0 bridgehead atoms. The number of phenols is 1. The maximum absolute atomic E-state index is 13.9. The zero-order valence-electron chi connectivity index (χ0n) is 20.0. The number of aliphatic hydroxyl groups excluding tert-OH is 3. The molecule has 0 radical (unpaired) electrons. The van der Waals surface area contributed by atoms with Crippen molar-refractivity contribution in [1.82, 2.24) is 4.90 Å². The highest BCUT2D eigenvalue weighted by atomic mass is 16.3. The lowest BCUT2D eigenvalue weighted by atomic mass is 9.56. The number of benzene rings is 2. The summed E-state index contributed by atoms with van der Waals surface area (Å²) in [6.07, 6.45) is -1.63. The molecule has 1 amide bonds. The quantitative estimate of drug-likeness (QED) is 0.332. The third kappa shape index (κ3) is 3.19. The lowest BCUT2D eigenvalue weighted by Gasteiger charge is -2.51. The van der Waals surface area contributed by atoms with E-state index in [1.165, 1.54) is 25.1 Å². The van der Waals surface area contributed by atoms with E-state index in [-0.39, 0.29) is 17.5 Å². The normalized spacial score (nSPS) is 29.2. The number of fused-ring (bicyclic) bond motifs is 3. The van der Waals surface area contributed by atoms with E-state index in [4.69, 9.17) is 5.73 Å². The van der Waals surface area contributed by atoms with Gasteiger partial charge in [0.2, 0.25) is 5.78 Å². The second-order valence-electron chi connectivity index (χ2n) is 9.90. The van der Waals surface area contributed by atoms with Gasteiger partial charge in [0.15, 0.2) is 11.4 Å².